The Morgan fingerprint density at radius 2 is 2.04 bits per heavy atom. The Hall–Kier alpha value is -2.84. The van der Waals surface area contributed by atoms with Gasteiger partial charge in [-0.1, -0.05) is 12.1 Å². The van der Waals surface area contributed by atoms with Crippen molar-refractivity contribution in [3.8, 4) is 11.3 Å². The highest BCUT2D eigenvalue weighted by molar-refractivity contribution is 7.09. The molecule has 7 nitrogen and oxygen atoms in total. The van der Waals surface area contributed by atoms with Crippen molar-refractivity contribution < 1.29 is 9.53 Å². The Morgan fingerprint density at radius 3 is 2.74 bits per heavy atom. The van der Waals surface area contributed by atoms with Gasteiger partial charge in [-0.05, 0) is 31.2 Å². The lowest BCUT2D eigenvalue weighted by molar-refractivity contribution is 0.102. The fourth-order valence-corrected chi connectivity index (χ4v) is 3.48. The number of morpholine rings is 1. The van der Waals surface area contributed by atoms with Gasteiger partial charge < -0.3 is 15.0 Å². The SMILES string of the molecule is Cc1nc(-c2cccc(NC(=O)c3ccc(N4CCOCC4)nn3)c2)cs1. The van der Waals surface area contributed by atoms with Gasteiger partial charge in [0, 0.05) is 29.7 Å². The van der Waals surface area contributed by atoms with Crippen molar-refractivity contribution in [3.63, 3.8) is 0 Å². The Morgan fingerprint density at radius 1 is 1.19 bits per heavy atom. The van der Waals surface area contributed by atoms with Crippen molar-refractivity contribution in [1.29, 1.82) is 0 Å². The van der Waals surface area contributed by atoms with E-state index in [-0.39, 0.29) is 11.6 Å². The number of thiazole rings is 1. The van der Waals surface area contributed by atoms with Crippen LogP contribution in [0, 0.1) is 6.92 Å². The molecule has 0 radical (unpaired) electrons. The molecular weight excluding hydrogens is 362 g/mol. The Kier molecular flexibility index (Phi) is 5.08. The number of aryl methyl sites for hydroxylation is 1. The molecule has 1 aliphatic heterocycles. The zero-order valence-corrected chi connectivity index (χ0v) is 15.7. The minimum atomic E-state index is -0.289. The predicted octanol–water partition coefficient (Wildman–Crippen LogP) is 3.00. The molecular formula is C19H19N5O2S. The van der Waals surface area contributed by atoms with Crippen LogP contribution in [0.5, 0.6) is 0 Å². The zero-order valence-electron chi connectivity index (χ0n) is 14.9. The summed E-state index contributed by atoms with van der Waals surface area (Å²) >= 11 is 1.60. The molecule has 2 aromatic heterocycles. The molecule has 1 aliphatic rings. The molecule has 0 bridgehead atoms. The highest BCUT2D eigenvalue weighted by Gasteiger charge is 2.15. The lowest BCUT2D eigenvalue weighted by atomic mass is 10.1. The number of carbonyl (C=O) groups is 1. The van der Waals surface area contributed by atoms with Crippen LogP contribution in [-0.2, 0) is 4.74 Å². The third-order valence-corrected chi connectivity index (χ3v) is 5.03. The number of nitrogens with zero attached hydrogens (tertiary/aromatic N) is 4. The van der Waals surface area contributed by atoms with Crippen LogP contribution in [0.4, 0.5) is 11.5 Å². The summed E-state index contributed by atoms with van der Waals surface area (Å²) in [6.07, 6.45) is 0. The second-order valence-corrected chi connectivity index (χ2v) is 7.23. The van der Waals surface area contributed by atoms with E-state index in [9.17, 15) is 4.79 Å². The molecule has 0 spiro atoms. The van der Waals surface area contributed by atoms with E-state index in [1.54, 1.807) is 17.4 Å². The fraction of sp³-hybridized carbons (Fsp3) is 0.263. The van der Waals surface area contributed by atoms with E-state index in [4.69, 9.17) is 4.74 Å². The van der Waals surface area contributed by atoms with Crippen LogP contribution in [-0.4, -0.2) is 47.4 Å². The molecule has 0 aliphatic carbocycles. The lowest BCUT2D eigenvalue weighted by Gasteiger charge is -2.27. The number of nitrogens with one attached hydrogen (secondary N) is 1. The van der Waals surface area contributed by atoms with E-state index in [1.807, 2.05) is 42.6 Å². The van der Waals surface area contributed by atoms with E-state index >= 15 is 0 Å². The number of rotatable bonds is 4. The second kappa shape index (κ2) is 7.81. The number of hydrogen-bond donors (Lipinski definition) is 1. The van der Waals surface area contributed by atoms with Crippen molar-refractivity contribution in [3.05, 3.63) is 52.5 Å². The molecule has 0 atom stereocenters. The van der Waals surface area contributed by atoms with Gasteiger partial charge in [0.1, 0.15) is 0 Å². The number of benzene rings is 1. The number of aromatic nitrogens is 3. The predicted molar refractivity (Wildman–Crippen MR) is 105 cm³/mol. The summed E-state index contributed by atoms with van der Waals surface area (Å²) in [6, 6.07) is 11.1. The van der Waals surface area contributed by atoms with E-state index in [0.717, 1.165) is 35.2 Å². The summed E-state index contributed by atoms with van der Waals surface area (Å²) in [5, 5.41) is 14.2. The molecule has 0 saturated carbocycles. The summed E-state index contributed by atoms with van der Waals surface area (Å²) in [7, 11) is 0. The van der Waals surface area contributed by atoms with Crippen molar-refractivity contribution in [2.24, 2.45) is 0 Å². The minimum absolute atomic E-state index is 0.280. The van der Waals surface area contributed by atoms with E-state index < -0.39 is 0 Å². The molecule has 27 heavy (non-hydrogen) atoms. The van der Waals surface area contributed by atoms with Gasteiger partial charge in [0.15, 0.2) is 11.5 Å². The number of ether oxygens (including phenoxy) is 1. The molecule has 1 fully saturated rings. The van der Waals surface area contributed by atoms with Crippen molar-refractivity contribution in [2.45, 2.75) is 6.92 Å². The summed E-state index contributed by atoms with van der Waals surface area (Å²) in [5.74, 6) is 0.471. The minimum Gasteiger partial charge on any atom is -0.378 e. The Labute approximate surface area is 161 Å². The molecule has 3 heterocycles. The first-order chi connectivity index (χ1) is 13.2. The molecule has 1 aromatic carbocycles. The third kappa shape index (κ3) is 4.12. The van der Waals surface area contributed by atoms with Crippen LogP contribution < -0.4 is 10.2 Å². The standard InChI is InChI=1S/C19H19N5O2S/c1-13-20-17(12-27-13)14-3-2-4-15(11-14)21-19(25)16-5-6-18(23-22-16)24-7-9-26-10-8-24/h2-6,11-12H,7-10H2,1H3,(H,21,25). The molecule has 4 rings (SSSR count). The summed E-state index contributed by atoms with van der Waals surface area (Å²) in [6.45, 7) is 4.89. The molecule has 3 aromatic rings. The van der Waals surface area contributed by atoms with Gasteiger partial charge >= 0.3 is 0 Å². The van der Waals surface area contributed by atoms with Gasteiger partial charge in [0.05, 0.1) is 23.9 Å². The summed E-state index contributed by atoms with van der Waals surface area (Å²) in [5.41, 5.74) is 2.85. The normalized spacial score (nSPS) is 14.2. The molecule has 1 amide bonds. The lowest BCUT2D eigenvalue weighted by Crippen LogP contribution is -2.37. The van der Waals surface area contributed by atoms with E-state index in [2.05, 4.69) is 25.4 Å². The number of carbonyl (C=O) groups excluding carboxylic acids is 1. The van der Waals surface area contributed by atoms with Gasteiger partial charge in [0.2, 0.25) is 0 Å². The van der Waals surface area contributed by atoms with Gasteiger partial charge in [-0.3, -0.25) is 4.79 Å². The van der Waals surface area contributed by atoms with Crippen molar-refractivity contribution in [1.82, 2.24) is 15.2 Å². The highest BCUT2D eigenvalue weighted by atomic mass is 32.1. The largest absolute Gasteiger partial charge is 0.378 e. The van der Waals surface area contributed by atoms with E-state index in [0.29, 0.717) is 18.9 Å². The molecule has 138 valence electrons. The van der Waals surface area contributed by atoms with Crippen LogP contribution in [0.15, 0.2) is 41.8 Å². The van der Waals surface area contributed by atoms with Crippen molar-refractivity contribution >= 4 is 28.7 Å². The van der Waals surface area contributed by atoms with Crippen molar-refractivity contribution in [2.75, 3.05) is 36.5 Å². The molecule has 0 unspecified atom stereocenters. The van der Waals surface area contributed by atoms with Gasteiger partial charge in [0.25, 0.3) is 5.91 Å². The smallest absolute Gasteiger partial charge is 0.276 e. The topological polar surface area (TPSA) is 80.2 Å². The highest BCUT2D eigenvalue weighted by Crippen LogP contribution is 2.24. The van der Waals surface area contributed by atoms with Gasteiger partial charge in [-0.15, -0.1) is 21.5 Å². The summed E-state index contributed by atoms with van der Waals surface area (Å²) < 4.78 is 5.33. The molecule has 8 heteroatoms. The monoisotopic (exact) mass is 381 g/mol. The number of amides is 1. The fourth-order valence-electron chi connectivity index (χ4n) is 2.85. The van der Waals surface area contributed by atoms with Crippen LogP contribution in [0.2, 0.25) is 0 Å². The number of anilines is 2. The third-order valence-electron chi connectivity index (χ3n) is 4.25. The Balaban J connectivity index is 1.46. The average Bonchev–Trinajstić information content (AvgIpc) is 3.15. The maximum atomic E-state index is 12.5. The number of hydrogen-bond acceptors (Lipinski definition) is 7. The first kappa shape index (κ1) is 17.6. The van der Waals surface area contributed by atoms with Crippen LogP contribution >= 0.6 is 11.3 Å². The maximum absolute atomic E-state index is 12.5. The Bertz CT molecular complexity index is 935. The zero-order chi connectivity index (χ0) is 18.6. The van der Waals surface area contributed by atoms with Gasteiger partial charge in [-0.2, -0.15) is 0 Å². The average molecular weight is 381 g/mol. The van der Waals surface area contributed by atoms with E-state index in [1.165, 1.54) is 0 Å². The summed E-state index contributed by atoms with van der Waals surface area (Å²) in [4.78, 5) is 19.1. The molecule has 1 N–H and O–H groups in total. The maximum Gasteiger partial charge on any atom is 0.276 e. The first-order valence-corrected chi connectivity index (χ1v) is 9.57. The van der Waals surface area contributed by atoms with Crippen LogP contribution in [0.1, 0.15) is 15.5 Å². The quantitative estimate of drug-likeness (QED) is 0.748. The van der Waals surface area contributed by atoms with Crippen LogP contribution in [0.25, 0.3) is 11.3 Å². The second-order valence-electron chi connectivity index (χ2n) is 6.16. The first-order valence-electron chi connectivity index (χ1n) is 8.69. The van der Waals surface area contributed by atoms with Gasteiger partial charge in [-0.25, -0.2) is 4.98 Å². The van der Waals surface area contributed by atoms with Crippen LogP contribution in [0.3, 0.4) is 0 Å². The molecule has 1 saturated heterocycles.